The average molecular weight is 315 g/mol. The third-order valence-electron chi connectivity index (χ3n) is 2.05. The normalized spacial score (nSPS) is 10.7. The van der Waals surface area contributed by atoms with Gasteiger partial charge in [0.25, 0.3) is 0 Å². The number of halogens is 2. The molecule has 0 aliphatic heterocycles. The van der Waals surface area contributed by atoms with Gasteiger partial charge in [0.2, 0.25) is 5.95 Å². The highest BCUT2D eigenvalue weighted by Gasteiger charge is 2.11. The second-order valence-corrected chi connectivity index (χ2v) is 4.95. The van der Waals surface area contributed by atoms with Gasteiger partial charge in [-0.1, -0.05) is 23.2 Å². The molecule has 0 amide bonds. The van der Waals surface area contributed by atoms with E-state index >= 15 is 0 Å². The van der Waals surface area contributed by atoms with Crippen LogP contribution in [0.3, 0.4) is 0 Å². The summed E-state index contributed by atoms with van der Waals surface area (Å²) < 4.78 is 10.8. The van der Waals surface area contributed by atoms with Crippen molar-refractivity contribution in [2.24, 2.45) is 0 Å². The predicted octanol–water partition coefficient (Wildman–Crippen LogP) is 3.34. The van der Waals surface area contributed by atoms with Crippen LogP contribution in [0.5, 0.6) is 17.8 Å². The van der Waals surface area contributed by atoms with Gasteiger partial charge < -0.3 is 15.2 Å². The lowest BCUT2D eigenvalue weighted by atomic mass is 10.3. The van der Waals surface area contributed by atoms with Gasteiger partial charge in [0.05, 0.1) is 11.1 Å². The fraction of sp³-hybridized carbons (Fsp3) is 0.250. The lowest BCUT2D eigenvalue weighted by molar-refractivity contribution is 0.219. The van der Waals surface area contributed by atoms with Crippen molar-refractivity contribution in [2.45, 2.75) is 20.0 Å². The zero-order valence-electron chi connectivity index (χ0n) is 10.8. The molecule has 0 fully saturated rings. The van der Waals surface area contributed by atoms with Gasteiger partial charge in [-0.05, 0) is 32.0 Å². The second-order valence-electron chi connectivity index (χ2n) is 4.10. The maximum Gasteiger partial charge on any atom is 0.330 e. The van der Waals surface area contributed by atoms with E-state index in [1.54, 1.807) is 18.2 Å². The number of rotatable bonds is 4. The largest absolute Gasteiger partial charge is 0.461 e. The highest BCUT2D eigenvalue weighted by Crippen LogP contribution is 2.30. The molecule has 2 rings (SSSR count). The summed E-state index contributed by atoms with van der Waals surface area (Å²) in [5.74, 6) is 0.355. The van der Waals surface area contributed by atoms with Crippen LogP contribution in [0.2, 0.25) is 10.0 Å². The van der Waals surface area contributed by atoms with Crippen molar-refractivity contribution in [2.75, 3.05) is 5.73 Å². The summed E-state index contributed by atoms with van der Waals surface area (Å²) in [5.41, 5.74) is 5.57. The van der Waals surface area contributed by atoms with Gasteiger partial charge in [0, 0.05) is 5.02 Å². The Labute approximate surface area is 125 Å². The van der Waals surface area contributed by atoms with Crippen molar-refractivity contribution < 1.29 is 9.47 Å². The number of ether oxygens (including phenoxy) is 2. The van der Waals surface area contributed by atoms with E-state index in [1.165, 1.54) is 0 Å². The quantitative estimate of drug-likeness (QED) is 0.931. The van der Waals surface area contributed by atoms with Crippen molar-refractivity contribution in [3.05, 3.63) is 28.2 Å². The molecule has 0 saturated heterocycles. The van der Waals surface area contributed by atoms with E-state index in [-0.39, 0.29) is 24.1 Å². The number of nitrogens with zero attached hydrogens (tertiary/aromatic N) is 3. The average Bonchev–Trinajstić information content (AvgIpc) is 2.31. The molecule has 0 spiro atoms. The maximum absolute atomic E-state index is 6.00. The molecule has 2 aromatic rings. The Kier molecular flexibility index (Phi) is 4.46. The van der Waals surface area contributed by atoms with Crippen molar-refractivity contribution >= 4 is 29.2 Å². The molecule has 106 valence electrons. The van der Waals surface area contributed by atoms with Crippen molar-refractivity contribution in [1.29, 1.82) is 0 Å². The Morgan fingerprint density at radius 2 is 1.80 bits per heavy atom. The van der Waals surface area contributed by atoms with Gasteiger partial charge in [-0.25, -0.2) is 0 Å². The van der Waals surface area contributed by atoms with Gasteiger partial charge >= 0.3 is 12.0 Å². The molecule has 8 heteroatoms. The number of anilines is 1. The molecule has 0 aliphatic carbocycles. The Morgan fingerprint density at radius 3 is 2.45 bits per heavy atom. The molecule has 0 radical (unpaired) electrons. The van der Waals surface area contributed by atoms with E-state index in [0.29, 0.717) is 15.8 Å². The Balaban J connectivity index is 2.26. The van der Waals surface area contributed by atoms with E-state index in [2.05, 4.69) is 15.0 Å². The van der Waals surface area contributed by atoms with E-state index in [0.717, 1.165) is 0 Å². The monoisotopic (exact) mass is 314 g/mol. The molecular weight excluding hydrogens is 303 g/mol. The topological polar surface area (TPSA) is 83.2 Å². The number of nitrogen functional groups attached to an aromatic ring is 1. The lowest BCUT2D eigenvalue weighted by Gasteiger charge is -2.10. The fourth-order valence-electron chi connectivity index (χ4n) is 1.32. The fourth-order valence-corrected chi connectivity index (χ4v) is 1.77. The van der Waals surface area contributed by atoms with Crippen molar-refractivity contribution in [3.63, 3.8) is 0 Å². The summed E-state index contributed by atoms with van der Waals surface area (Å²) in [6.45, 7) is 3.69. The summed E-state index contributed by atoms with van der Waals surface area (Å²) in [5, 5.41) is 0.837. The second kappa shape index (κ2) is 6.11. The van der Waals surface area contributed by atoms with E-state index < -0.39 is 0 Å². The predicted molar refractivity (Wildman–Crippen MR) is 76.5 cm³/mol. The van der Waals surface area contributed by atoms with Crippen LogP contribution in [0.4, 0.5) is 5.95 Å². The van der Waals surface area contributed by atoms with E-state index in [4.69, 9.17) is 38.4 Å². The molecule has 0 aliphatic rings. The number of aromatic nitrogens is 3. The number of hydrogen-bond donors (Lipinski definition) is 1. The molecule has 2 N–H and O–H groups in total. The van der Waals surface area contributed by atoms with E-state index in [9.17, 15) is 0 Å². The molecular formula is C12H12Cl2N4O2. The van der Waals surface area contributed by atoms with Crippen LogP contribution >= 0.6 is 23.2 Å². The summed E-state index contributed by atoms with van der Waals surface area (Å²) in [7, 11) is 0. The molecule has 0 bridgehead atoms. The summed E-state index contributed by atoms with van der Waals surface area (Å²) in [6, 6.07) is 4.88. The Morgan fingerprint density at radius 1 is 1.10 bits per heavy atom. The molecule has 1 aromatic carbocycles. The first-order valence-corrected chi connectivity index (χ1v) is 6.51. The zero-order chi connectivity index (χ0) is 14.7. The third-order valence-corrected chi connectivity index (χ3v) is 2.58. The first-order valence-electron chi connectivity index (χ1n) is 5.75. The summed E-state index contributed by atoms with van der Waals surface area (Å²) in [4.78, 5) is 11.7. The van der Waals surface area contributed by atoms with Gasteiger partial charge in [-0.3, -0.25) is 0 Å². The van der Waals surface area contributed by atoms with Crippen LogP contribution in [-0.4, -0.2) is 21.1 Å². The zero-order valence-corrected chi connectivity index (χ0v) is 12.3. The minimum Gasteiger partial charge on any atom is -0.461 e. The maximum atomic E-state index is 6.00. The SMILES string of the molecule is CC(C)Oc1nc(N)nc(Oc2ccc(Cl)cc2Cl)n1. The van der Waals surface area contributed by atoms with Gasteiger partial charge in [-0.15, -0.1) is 4.98 Å². The van der Waals surface area contributed by atoms with Crippen molar-refractivity contribution in [3.8, 4) is 17.8 Å². The summed E-state index contributed by atoms with van der Waals surface area (Å²) >= 11 is 11.8. The minimum absolute atomic E-state index is 0.00243. The van der Waals surface area contributed by atoms with Crippen LogP contribution in [0.25, 0.3) is 0 Å². The summed E-state index contributed by atoms with van der Waals surface area (Å²) in [6.07, 6.45) is -0.0937. The van der Waals surface area contributed by atoms with Crippen LogP contribution in [-0.2, 0) is 0 Å². The van der Waals surface area contributed by atoms with E-state index in [1.807, 2.05) is 13.8 Å². The van der Waals surface area contributed by atoms with Gasteiger partial charge in [-0.2, -0.15) is 9.97 Å². The van der Waals surface area contributed by atoms with Crippen LogP contribution < -0.4 is 15.2 Å². The highest BCUT2D eigenvalue weighted by molar-refractivity contribution is 6.35. The number of nitrogens with two attached hydrogens (primary N) is 1. The molecule has 0 atom stereocenters. The molecule has 0 saturated carbocycles. The first-order chi connectivity index (χ1) is 9.44. The molecule has 6 nitrogen and oxygen atoms in total. The Hall–Kier alpha value is -1.79. The Bertz CT molecular complexity index is 622. The van der Waals surface area contributed by atoms with Crippen LogP contribution in [0.15, 0.2) is 18.2 Å². The molecule has 20 heavy (non-hydrogen) atoms. The minimum atomic E-state index is -0.0937. The number of benzene rings is 1. The van der Waals surface area contributed by atoms with Gasteiger partial charge in [0.1, 0.15) is 5.75 Å². The van der Waals surface area contributed by atoms with Crippen LogP contribution in [0.1, 0.15) is 13.8 Å². The molecule has 1 aromatic heterocycles. The highest BCUT2D eigenvalue weighted by atomic mass is 35.5. The van der Waals surface area contributed by atoms with Gasteiger partial charge in [0.15, 0.2) is 0 Å². The van der Waals surface area contributed by atoms with Crippen LogP contribution in [0, 0.1) is 0 Å². The first kappa shape index (κ1) is 14.6. The third kappa shape index (κ3) is 3.85. The molecule has 1 heterocycles. The number of hydrogen-bond acceptors (Lipinski definition) is 6. The standard InChI is InChI=1S/C12H12Cl2N4O2/c1-6(2)19-11-16-10(15)17-12(18-11)20-9-4-3-7(13)5-8(9)14/h3-6H,1-2H3,(H2,15,16,17,18). The van der Waals surface area contributed by atoms with Crippen molar-refractivity contribution in [1.82, 2.24) is 15.0 Å². The molecule has 0 unspecified atom stereocenters. The smallest absolute Gasteiger partial charge is 0.330 e. The lowest BCUT2D eigenvalue weighted by Crippen LogP contribution is -2.11.